The van der Waals surface area contributed by atoms with E-state index in [1.165, 1.54) is 19.5 Å². The number of likely N-dealkylation sites (tertiary alicyclic amines) is 1. The third-order valence-electron chi connectivity index (χ3n) is 3.67. The molecule has 1 fully saturated rings. The third-order valence-corrected chi connectivity index (χ3v) is 3.67. The Bertz CT molecular complexity index is 268. The number of nitrogens with one attached hydrogen (secondary N) is 1. The van der Waals surface area contributed by atoms with Gasteiger partial charge in [-0.2, -0.15) is 0 Å². The van der Waals surface area contributed by atoms with Crippen molar-refractivity contribution in [2.24, 2.45) is 22.6 Å². The maximum absolute atomic E-state index is 5.68. The highest BCUT2D eigenvalue weighted by Crippen LogP contribution is 2.26. The summed E-state index contributed by atoms with van der Waals surface area (Å²) >= 11 is 0. The Labute approximate surface area is 129 Å². The molecule has 108 valence electrons. The Hall–Kier alpha value is -0.0400. The quantitative estimate of drug-likeness (QED) is 0.455. The zero-order valence-corrected chi connectivity index (χ0v) is 14.7. The van der Waals surface area contributed by atoms with Crippen LogP contribution in [-0.2, 0) is 0 Å². The molecule has 0 bridgehead atoms. The number of guanidine groups is 1. The van der Waals surface area contributed by atoms with Crippen LogP contribution in [0.15, 0.2) is 4.99 Å². The zero-order valence-electron chi connectivity index (χ0n) is 12.4. The van der Waals surface area contributed by atoms with E-state index < -0.39 is 0 Å². The summed E-state index contributed by atoms with van der Waals surface area (Å²) in [7, 11) is 1.71. The van der Waals surface area contributed by atoms with Gasteiger partial charge in [0.15, 0.2) is 5.96 Å². The lowest BCUT2D eigenvalue weighted by atomic mass is 9.88. The van der Waals surface area contributed by atoms with E-state index in [0.29, 0.717) is 5.96 Å². The first-order valence-electron chi connectivity index (χ1n) is 6.56. The maximum atomic E-state index is 5.68. The molecule has 1 saturated heterocycles. The first-order chi connectivity index (χ1) is 7.85. The minimum Gasteiger partial charge on any atom is -0.370 e. The highest BCUT2D eigenvalue weighted by molar-refractivity contribution is 14.0. The Kier molecular flexibility index (Phi) is 7.51. The van der Waals surface area contributed by atoms with Gasteiger partial charge in [0.1, 0.15) is 0 Å². The van der Waals surface area contributed by atoms with E-state index >= 15 is 0 Å². The van der Waals surface area contributed by atoms with Crippen LogP contribution in [0, 0.1) is 11.8 Å². The Balaban J connectivity index is 0.00000289. The number of piperidine rings is 1. The van der Waals surface area contributed by atoms with Crippen molar-refractivity contribution in [3.63, 3.8) is 0 Å². The van der Waals surface area contributed by atoms with Gasteiger partial charge in [-0.25, -0.2) is 0 Å². The summed E-state index contributed by atoms with van der Waals surface area (Å²) in [6, 6.07) is 0. The summed E-state index contributed by atoms with van der Waals surface area (Å²) in [4.78, 5) is 6.50. The van der Waals surface area contributed by atoms with Crippen molar-refractivity contribution in [3.05, 3.63) is 0 Å². The minimum absolute atomic E-state index is 0. The molecule has 1 aliphatic heterocycles. The molecule has 1 heterocycles. The fraction of sp³-hybridized carbons (Fsp3) is 0.923. The lowest BCUT2D eigenvalue weighted by Gasteiger charge is -2.45. The first-order valence-corrected chi connectivity index (χ1v) is 6.56. The van der Waals surface area contributed by atoms with Gasteiger partial charge in [-0.05, 0) is 32.1 Å². The van der Waals surface area contributed by atoms with Gasteiger partial charge in [0.05, 0.1) is 0 Å². The van der Waals surface area contributed by atoms with Crippen molar-refractivity contribution in [1.29, 1.82) is 0 Å². The summed E-state index contributed by atoms with van der Waals surface area (Å²) in [6.45, 7) is 12.4. The number of halogens is 1. The van der Waals surface area contributed by atoms with E-state index in [9.17, 15) is 0 Å². The van der Waals surface area contributed by atoms with Crippen molar-refractivity contribution >= 4 is 29.9 Å². The van der Waals surface area contributed by atoms with E-state index in [1.54, 1.807) is 7.05 Å². The SMILES string of the molecule is CN=C(N)NCC(C)(C)N1CC(C)CC(C)C1.I. The maximum Gasteiger partial charge on any atom is 0.188 e. The molecule has 0 aliphatic carbocycles. The highest BCUT2D eigenvalue weighted by atomic mass is 127. The standard InChI is InChI=1S/C13H28N4.HI/c1-10-6-11(2)8-17(7-10)13(3,4)9-16-12(14)15-5;/h10-11H,6-9H2,1-5H3,(H3,14,15,16);1H. The number of hydrogen-bond donors (Lipinski definition) is 2. The summed E-state index contributed by atoms with van der Waals surface area (Å²) in [5, 5.41) is 3.19. The monoisotopic (exact) mass is 368 g/mol. The van der Waals surface area contributed by atoms with Crippen LogP contribution in [0.5, 0.6) is 0 Å². The van der Waals surface area contributed by atoms with Gasteiger partial charge < -0.3 is 11.1 Å². The zero-order chi connectivity index (χ0) is 13.1. The number of nitrogens with zero attached hydrogens (tertiary/aromatic N) is 2. The number of rotatable bonds is 3. The molecule has 0 radical (unpaired) electrons. The predicted molar refractivity (Wildman–Crippen MR) is 89.6 cm³/mol. The van der Waals surface area contributed by atoms with Crippen molar-refractivity contribution in [2.45, 2.75) is 39.7 Å². The van der Waals surface area contributed by atoms with Crippen LogP contribution >= 0.6 is 24.0 Å². The van der Waals surface area contributed by atoms with Gasteiger partial charge in [-0.3, -0.25) is 9.89 Å². The van der Waals surface area contributed by atoms with Gasteiger partial charge >= 0.3 is 0 Å². The van der Waals surface area contributed by atoms with Gasteiger partial charge in [-0.1, -0.05) is 13.8 Å². The molecule has 2 atom stereocenters. The van der Waals surface area contributed by atoms with Crippen LogP contribution in [-0.4, -0.2) is 43.1 Å². The molecule has 5 heteroatoms. The van der Waals surface area contributed by atoms with E-state index in [4.69, 9.17) is 5.73 Å². The van der Waals surface area contributed by atoms with Crippen LogP contribution in [0.2, 0.25) is 0 Å². The van der Waals surface area contributed by atoms with Gasteiger partial charge in [0, 0.05) is 32.2 Å². The molecule has 18 heavy (non-hydrogen) atoms. The van der Waals surface area contributed by atoms with E-state index in [2.05, 4.69) is 42.9 Å². The second-order valence-corrected chi connectivity index (χ2v) is 6.13. The average Bonchev–Trinajstić information content (AvgIpc) is 2.24. The molecular formula is C13H29IN4. The molecule has 0 aromatic heterocycles. The largest absolute Gasteiger partial charge is 0.370 e. The highest BCUT2D eigenvalue weighted by Gasteiger charge is 2.32. The molecule has 4 nitrogen and oxygen atoms in total. The van der Waals surface area contributed by atoms with Gasteiger partial charge in [0.25, 0.3) is 0 Å². The molecule has 3 N–H and O–H groups in total. The van der Waals surface area contributed by atoms with Gasteiger partial charge in [0.2, 0.25) is 0 Å². The van der Waals surface area contributed by atoms with Crippen LogP contribution in [0.25, 0.3) is 0 Å². The summed E-state index contributed by atoms with van der Waals surface area (Å²) in [6.07, 6.45) is 1.35. The van der Waals surface area contributed by atoms with E-state index in [0.717, 1.165) is 18.4 Å². The van der Waals surface area contributed by atoms with Crippen molar-refractivity contribution in [2.75, 3.05) is 26.7 Å². The number of nitrogens with two attached hydrogens (primary N) is 1. The van der Waals surface area contributed by atoms with Crippen molar-refractivity contribution in [3.8, 4) is 0 Å². The fourth-order valence-electron chi connectivity index (χ4n) is 2.65. The summed E-state index contributed by atoms with van der Waals surface area (Å²) in [5.74, 6) is 2.10. The topological polar surface area (TPSA) is 53.6 Å². The van der Waals surface area contributed by atoms with E-state index in [1.807, 2.05) is 0 Å². The van der Waals surface area contributed by atoms with Crippen LogP contribution in [0.3, 0.4) is 0 Å². The second kappa shape index (κ2) is 7.53. The molecule has 1 rings (SSSR count). The number of hydrogen-bond acceptors (Lipinski definition) is 2. The molecule has 0 aromatic carbocycles. The Morgan fingerprint density at radius 1 is 1.33 bits per heavy atom. The summed E-state index contributed by atoms with van der Waals surface area (Å²) in [5.41, 5.74) is 5.81. The van der Waals surface area contributed by atoms with Gasteiger partial charge in [-0.15, -0.1) is 24.0 Å². The second-order valence-electron chi connectivity index (χ2n) is 6.13. The lowest BCUT2D eigenvalue weighted by molar-refractivity contribution is 0.0484. The minimum atomic E-state index is 0. The molecule has 1 aliphatic rings. The van der Waals surface area contributed by atoms with Crippen molar-refractivity contribution in [1.82, 2.24) is 10.2 Å². The fourth-order valence-corrected chi connectivity index (χ4v) is 2.65. The normalized spacial score (nSPS) is 26.6. The van der Waals surface area contributed by atoms with Crippen LogP contribution < -0.4 is 11.1 Å². The summed E-state index contributed by atoms with van der Waals surface area (Å²) < 4.78 is 0. The predicted octanol–water partition coefficient (Wildman–Crippen LogP) is 1.90. The molecule has 0 saturated carbocycles. The molecule has 0 aromatic rings. The third kappa shape index (κ3) is 5.30. The van der Waals surface area contributed by atoms with Crippen molar-refractivity contribution < 1.29 is 0 Å². The average molecular weight is 368 g/mol. The van der Waals surface area contributed by atoms with Crippen LogP contribution in [0.4, 0.5) is 0 Å². The Morgan fingerprint density at radius 3 is 2.28 bits per heavy atom. The Morgan fingerprint density at radius 2 is 1.83 bits per heavy atom. The molecule has 0 spiro atoms. The molecule has 2 unspecified atom stereocenters. The smallest absolute Gasteiger partial charge is 0.188 e. The molecular weight excluding hydrogens is 339 g/mol. The first kappa shape index (κ1) is 18.0. The van der Waals surface area contributed by atoms with Crippen LogP contribution in [0.1, 0.15) is 34.1 Å². The number of aliphatic imine (C=N–C) groups is 1. The molecule has 0 amide bonds. The van der Waals surface area contributed by atoms with E-state index in [-0.39, 0.29) is 29.5 Å². The lowest BCUT2D eigenvalue weighted by Crippen LogP contribution is -2.56.